The van der Waals surface area contributed by atoms with E-state index in [-0.39, 0.29) is 17.2 Å². The molecule has 2 atom stereocenters. The number of carbonyl (C=O) groups is 1. The van der Waals surface area contributed by atoms with Crippen LogP contribution in [0.4, 0.5) is 5.69 Å². The van der Waals surface area contributed by atoms with Gasteiger partial charge in [-0.05, 0) is 48.6 Å². The molecule has 29 heavy (non-hydrogen) atoms. The molecule has 148 valence electrons. The number of ether oxygens (including phenoxy) is 1. The summed E-state index contributed by atoms with van der Waals surface area (Å²) in [4.78, 5) is 23.7. The van der Waals surface area contributed by atoms with Crippen LogP contribution in [0.25, 0.3) is 11.0 Å². The summed E-state index contributed by atoms with van der Waals surface area (Å²) in [6, 6.07) is 13.1. The number of methoxy groups -OCH3 is 1. The molecule has 2 aromatic carbocycles. The Hall–Kier alpha value is -2.66. The number of benzene rings is 2. The zero-order valence-electron chi connectivity index (χ0n) is 16.6. The molecule has 1 N–H and O–H groups in total. The first-order valence-electron chi connectivity index (χ1n) is 9.80. The molecule has 2 unspecified atom stereocenters. The number of hydrogen-bond donors (Lipinski definition) is 1. The van der Waals surface area contributed by atoms with E-state index in [1.54, 1.807) is 25.3 Å². The van der Waals surface area contributed by atoms with Gasteiger partial charge in [0.2, 0.25) is 5.91 Å². The van der Waals surface area contributed by atoms with Gasteiger partial charge in [0.1, 0.15) is 5.75 Å². The van der Waals surface area contributed by atoms with Crippen molar-refractivity contribution in [2.45, 2.75) is 38.0 Å². The number of carbonyl (C=O) groups excluding carboxylic acids is 1. The fraction of sp³-hybridized carbons (Fsp3) is 0.348. The number of amides is 1. The molecule has 5 rings (SSSR count). The number of fused-ring (bicyclic) bond motifs is 6. The lowest BCUT2D eigenvalue weighted by Crippen LogP contribution is -2.46. The summed E-state index contributed by atoms with van der Waals surface area (Å²) in [5.41, 5.74) is 3.02. The van der Waals surface area contributed by atoms with Crippen molar-refractivity contribution in [3.8, 4) is 5.75 Å². The van der Waals surface area contributed by atoms with Gasteiger partial charge in [-0.25, -0.2) is 9.97 Å². The first-order chi connectivity index (χ1) is 13.9. The standard InChI is InChI=1S/C23H22ClN3O2/c1-22(2)14-10-11-23(22,20-19(14)25-15-6-4-5-7-16(15)26-20)21(28)27-17-12-13(24)8-9-18(17)29-3/h4-9,12,14H,10-11H2,1-3H3,(H,27,28). The molecule has 3 aromatic rings. The molecule has 1 amide bonds. The smallest absolute Gasteiger partial charge is 0.237 e. The van der Waals surface area contributed by atoms with Crippen LogP contribution in [-0.4, -0.2) is 23.0 Å². The summed E-state index contributed by atoms with van der Waals surface area (Å²) in [5.74, 6) is 0.713. The molecule has 0 saturated heterocycles. The van der Waals surface area contributed by atoms with Crippen LogP contribution in [0.2, 0.25) is 5.02 Å². The molecule has 2 aliphatic carbocycles. The number of nitrogens with one attached hydrogen (secondary N) is 1. The number of nitrogens with zero attached hydrogens (tertiary/aromatic N) is 2. The average molecular weight is 408 g/mol. The van der Waals surface area contributed by atoms with Crippen molar-refractivity contribution in [1.82, 2.24) is 9.97 Å². The highest BCUT2D eigenvalue weighted by molar-refractivity contribution is 6.31. The molecule has 0 spiro atoms. The lowest BCUT2D eigenvalue weighted by Gasteiger charge is -2.36. The maximum atomic E-state index is 13.8. The molecule has 5 nitrogen and oxygen atoms in total. The molecular weight excluding hydrogens is 386 g/mol. The van der Waals surface area contributed by atoms with Crippen molar-refractivity contribution in [3.63, 3.8) is 0 Å². The molecule has 6 heteroatoms. The Labute approximate surface area is 174 Å². The highest BCUT2D eigenvalue weighted by Crippen LogP contribution is 2.67. The third-order valence-electron chi connectivity index (χ3n) is 6.91. The number of halogens is 1. The molecule has 1 fully saturated rings. The summed E-state index contributed by atoms with van der Waals surface area (Å²) in [5, 5.41) is 3.63. The fourth-order valence-corrected chi connectivity index (χ4v) is 5.51. The van der Waals surface area contributed by atoms with Crippen LogP contribution in [0.1, 0.15) is 44.0 Å². The number of anilines is 1. The second-order valence-corrected chi connectivity index (χ2v) is 8.90. The van der Waals surface area contributed by atoms with Gasteiger partial charge in [-0.15, -0.1) is 0 Å². The van der Waals surface area contributed by atoms with Crippen molar-refractivity contribution in [3.05, 3.63) is 58.9 Å². The third kappa shape index (κ3) is 2.37. The monoisotopic (exact) mass is 407 g/mol. The molecular formula is C23H22ClN3O2. The van der Waals surface area contributed by atoms with E-state index in [1.807, 2.05) is 24.3 Å². The van der Waals surface area contributed by atoms with E-state index in [0.29, 0.717) is 16.5 Å². The van der Waals surface area contributed by atoms with E-state index in [4.69, 9.17) is 26.3 Å². The van der Waals surface area contributed by atoms with Gasteiger partial charge in [0.05, 0.1) is 40.6 Å². The van der Waals surface area contributed by atoms with E-state index >= 15 is 0 Å². The minimum atomic E-state index is -0.739. The fourth-order valence-electron chi connectivity index (χ4n) is 5.33. The largest absolute Gasteiger partial charge is 0.495 e. The average Bonchev–Trinajstić information content (AvgIpc) is 3.08. The number of aromatic nitrogens is 2. The van der Waals surface area contributed by atoms with Crippen LogP contribution in [0.5, 0.6) is 5.75 Å². The molecule has 0 radical (unpaired) electrons. The second kappa shape index (κ2) is 6.17. The van der Waals surface area contributed by atoms with Gasteiger partial charge in [-0.3, -0.25) is 4.79 Å². The minimum absolute atomic E-state index is 0.0751. The zero-order chi connectivity index (χ0) is 20.4. The van der Waals surface area contributed by atoms with E-state index in [1.165, 1.54) is 0 Å². The van der Waals surface area contributed by atoms with Gasteiger partial charge in [0, 0.05) is 10.9 Å². The lowest BCUT2D eigenvalue weighted by molar-refractivity contribution is -0.124. The zero-order valence-corrected chi connectivity index (χ0v) is 17.4. The van der Waals surface area contributed by atoms with E-state index < -0.39 is 5.41 Å². The Kier molecular flexibility index (Phi) is 3.91. The lowest BCUT2D eigenvalue weighted by atomic mass is 9.67. The quantitative estimate of drug-likeness (QED) is 0.657. The summed E-state index contributed by atoms with van der Waals surface area (Å²) in [6.07, 6.45) is 1.67. The molecule has 2 bridgehead atoms. The van der Waals surface area contributed by atoms with Crippen LogP contribution in [0.15, 0.2) is 42.5 Å². The highest BCUT2D eigenvalue weighted by Gasteiger charge is 2.67. The van der Waals surface area contributed by atoms with Crippen molar-refractivity contribution < 1.29 is 9.53 Å². The predicted octanol–water partition coefficient (Wildman–Crippen LogP) is 5.09. The molecule has 1 heterocycles. The van der Waals surface area contributed by atoms with Crippen molar-refractivity contribution in [2.75, 3.05) is 12.4 Å². The highest BCUT2D eigenvalue weighted by atomic mass is 35.5. The number of rotatable bonds is 3. The topological polar surface area (TPSA) is 64.1 Å². The summed E-state index contributed by atoms with van der Waals surface area (Å²) in [6.45, 7) is 4.32. The third-order valence-corrected chi connectivity index (χ3v) is 7.14. The normalized spacial score (nSPS) is 23.8. The van der Waals surface area contributed by atoms with E-state index in [9.17, 15) is 4.79 Å². The van der Waals surface area contributed by atoms with Crippen LogP contribution < -0.4 is 10.1 Å². The number of hydrogen-bond acceptors (Lipinski definition) is 4. The summed E-state index contributed by atoms with van der Waals surface area (Å²) < 4.78 is 5.42. The Bertz CT molecular complexity index is 1160. The predicted molar refractivity (Wildman–Crippen MR) is 114 cm³/mol. The van der Waals surface area contributed by atoms with Gasteiger partial charge in [0.15, 0.2) is 0 Å². The van der Waals surface area contributed by atoms with Crippen molar-refractivity contribution >= 4 is 34.2 Å². The van der Waals surface area contributed by atoms with Crippen LogP contribution in [0, 0.1) is 5.41 Å². The molecule has 1 saturated carbocycles. The molecule has 0 aliphatic heterocycles. The van der Waals surface area contributed by atoms with Gasteiger partial charge in [-0.2, -0.15) is 0 Å². The molecule has 2 aliphatic rings. The Morgan fingerprint density at radius 1 is 1.17 bits per heavy atom. The molecule has 1 aromatic heterocycles. The van der Waals surface area contributed by atoms with Gasteiger partial charge in [0.25, 0.3) is 0 Å². The van der Waals surface area contributed by atoms with Crippen LogP contribution in [-0.2, 0) is 10.2 Å². The van der Waals surface area contributed by atoms with Crippen molar-refractivity contribution in [2.24, 2.45) is 5.41 Å². The maximum Gasteiger partial charge on any atom is 0.237 e. The first kappa shape index (κ1) is 18.4. The van der Waals surface area contributed by atoms with E-state index in [2.05, 4.69) is 19.2 Å². The Morgan fingerprint density at radius 3 is 2.62 bits per heavy atom. The maximum absolute atomic E-state index is 13.8. The van der Waals surface area contributed by atoms with Gasteiger partial charge in [-0.1, -0.05) is 37.6 Å². The SMILES string of the molecule is COc1ccc(Cl)cc1NC(=O)C12CCC(c3nc4ccccc4nc31)C2(C)C. The van der Waals surface area contributed by atoms with Crippen molar-refractivity contribution in [1.29, 1.82) is 0 Å². The first-order valence-corrected chi connectivity index (χ1v) is 10.2. The summed E-state index contributed by atoms with van der Waals surface area (Å²) >= 11 is 6.17. The van der Waals surface area contributed by atoms with Crippen LogP contribution >= 0.6 is 11.6 Å². The van der Waals surface area contributed by atoms with Gasteiger partial charge >= 0.3 is 0 Å². The second-order valence-electron chi connectivity index (χ2n) is 8.46. The minimum Gasteiger partial charge on any atom is -0.495 e. The Morgan fingerprint density at radius 2 is 1.90 bits per heavy atom. The number of para-hydroxylation sites is 2. The van der Waals surface area contributed by atoms with Gasteiger partial charge < -0.3 is 10.1 Å². The Balaban J connectivity index is 1.65. The van der Waals surface area contributed by atoms with Crippen LogP contribution in [0.3, 0.4) is 0 Å². The van der Waals surface area contributed by atoms with E-state index in [0.717, 1.165) is 35.3 Å². The summed E-state index contributed by atoms with van der Waals surface area (Å²) in [7, 11) is 1.58.